The Balaban J connectivity index is 2.43. The van der Waals surface area contributed by atoms with Crippen molar-refractivity contribution in [2.45, 2.75) is 23.8 Å². The Morgan fingerprint density at radius 3 is 2.75 bits per heavy atom. The lowest BCUT2D eigenvalue weighted by Crippen LogP contribution is -2.45. The van der Waals surface area contributed by atoms with Gasteiger partial charge >= 0.3 is 0 Å². The Labute approximate surface area is 115 Å². The van der Waals surface area contributed by atoms with Gasteiger partial charge in [0.1, 0.15) is 10.7 Å². The Morgan fingerprint density at radius 1 is 1.45 bits per heavy atom. The number of hydrogen-bond donors (Lipinski definition) is 1. The molecule has 1 aliphatic rings. The van der Waals surface area contributed by atoms with Crippen LogP contribution < -0.4 is 5.73 Å². The van der Waals surface area contributed by atoms with E-state index in [1.807, 2.05) is 0 Å². The molecule has 1 aromatic rings. The molecule has 1 aliphatic heterocycles. The predicted octanol–water partition coefficient (Wildman–Crippen LogP) is 0.846. The number of piperidine rings is 1. The molecule has 20 heavy (non-hydrogen) atoms. The maximum atomic E-state index is 13.7. The van der Waals surface area contributed by atoms with E-state index < -0.39 is 31.3 Å². The topological polar surface area (TPSA) is 107 Å². The van der Waals surface area contributed by atoms with E-state index >= 15 is 0 Å². The third kappa shape index (κ3) is 2.79. The van der Waals surface area contributed by atoms with E-state index in [0.717, 1.165) is 22.5 Å². The van der Waals surface area contributed by atoms with Gasteiger partial charge in [0.2, 0.25) is 10.0 Å². The van der Waals surface area contributed by atoms with Gasteiger partial charge in [-0.15, -0.1) is 0 Å². The highest BCUT2D eigenvalue weighted by Gasteiger charge is 2.32. The van der Waals surface area contributed by atoms with E-state index in [4.69, 9.17) is 5.73 Å². The highest BCUT2D eigenvalue weighted by molar-refractivity contribution is 7.89. The van der Waals surface area contributed by atoms with Crippen molar-refractivity contribution in [2.75, 3.05) is 13.1 Å². The van der Waals surface area contributed by atoms with Crippen LogP contribution in [0.1, 0.15) is 12.8 Å². The number of non-ortho nitro benzene ring substituents is 1. The molecule has 0 bridgehead atoms. The lowest BCUT2D eigenvalue weighted by Gasteiger charge is -2.29. The zero-order valence-corrected chi connectivity index (χ0v) is 11.3. The van der Waals surface area contributed by atoms with Gasteiger partial charge in [0.25, 0.3) is 5.69 Å². The van der Waals surface area contributed by atoms with Gasteiger partial charge in [-0.25, -0.2) is 12.8 Å². The molecule has 0 aliphatic carbocycles. The fraction of sp³-hybridized carbons (Fsp3) is 0.455. The molecule has 7 nitrogen and oxygen atoms in total. The third-order valence-corrected chi connectivity index (χ3v) is 5.04. The molecule has 1 atom stereocenters. The second-order valence-corrected chi connectivity index (χ2v) is 6.54. The molecule has 1 saturated heterocycles. The standard InChI is InChI=1S/C11H14FN3O4S/c12-10-4-3-9(15(16)17)6-11(10)20(18,19)14-5-1-2-8(13)7-14/h3-4,6,8H,1-2,5,7,13H2/t8-/m1/s1. The largest absolute Gasteiger partial charge is 0.327 e. The van der Waals surface area contributed by atoms with E-state index in [-0.39, 0.29) is 19.1 Å². The van der Waals surface area contributed by atoms with E-state index in [1.54, 1.807) is 0 Å². The Morgan fingerprint density at radius 2 is 2.15 bits per heavy atom. The van der Waals surface area contributed by atoms with Crippen LogP contribution in [0.5, 0.6) is 0 Å². The average molecular weight is 303 g/mol. The summed E-state index contributed by atoms with van der Waals surface area (Å²) in [4.78, 5) is 9.23. The molecule has 0 spiro atoms. The summed E-state index contributed by atoms with van der Waals surface area (Å²) < 4.78 is 39.5. The minimum atomic E-state index is -4.11. The first-order valence-electron chi connectivity index (χ1n) is 6.02. The molecule has 0 aromatic heterocycles. The average Bonchev–Trinajstić information content (AvgIpc) is 2.38. The molecule has 2 N–H and O–H groups in total. The molecule has 110 valence electrons. The number of benzene rings is 1. The van der Waals surface area contributed by atoms with Gasteiger partial charge < -0.3 is 5.73 Å². The summed E-state index contributed by atoms with van der Waals surface area (Å²) in [6.45, 7) is 0.322. The summed E-state index contributed by atoms with van der Waals surface area (Å²) in [7, 11) is -4.11. The maximum Gasteiger partial charge on any atom is 0.270 e. The van der Waals surface area contributed by atoms with Gasteiger partial charge in [-0.05, 0) is 18.9 Å². The molecule has 0 radical (unpaired) electrons. The van der Waals surface area contributed by atoms with Gasteiger partial charge in [0, 0.05) is 31.3 Å². The van der Waals surface area contributed by atoms with Crippen LogP contribution in [-0.2, 0) is 10.0 Å². The second-order valence-electron chi connectivity index (χ2n) is 4.64. The molecule has 9 heteroatoms. The van der Waals surface area contributed by atoms with Crippen LogP contribution in [0.4, 0.5) is 10.1 Å². The number of nitro benzene ring substituents is 1. The first-order chi connectivity index (χ1) is 9.32. The fourth-order valence-corrected chi connectivity index (χ4v) is 3.75. The number of nitrogens with two attached hydrogens (primary N) is 1. The summed E-state index contributed by atoms with van der Waals surface area (Å²) in [5.74, 6) is -1.00. The Kier molecular flexibility index (Phi) is 4.02. The van der Waals surface area contributed by atoms with Crippen molar-refractivity contribution >= 4 is 15.7 Å². The zero-order valence-electron chi connectivity index (χ0n) is 10.5. The summed E-state index contributed by atoms with van der Waals surface area (Å²) in [5.41, 5.74) is 5.24. The predicted molar refractivity (Wildman–Crippen MR) is 69.0 cm³/mol. The van der Waals surface area contributed by atoms with Crippen LogP contribution in [0.3, 0.4) is 0 Å². The minimum absolute atomic E-state index is 0.0878. The van der Waals surface area contributed by atoms with Gasteiger partial charge in [-0.1, -0.05) is 0 Å². The van der Waals surface area contributed by atoms with Crippen LogP contribution in [-0.4, -0.2) is 36.8 Å². The van der Waals surface area contributed by atoms with Gasteiger partial charge in [0.15, 0.2) is 0 Å². The van der Waals surface area contributed by atoms with Gasteiger partial charge in [0.05, 0.1) is 4.92 Å². The van der Waals surface area contributed by atoms with Gasteiger partial charge in [-0.3, -0.25) is 10.1 Å². The van der Waals surface area contributed by atoms with E-state index in [2.05, 4.69) is 0 Å². The van der Waals surface area contributed by atoms with Gasteiger partial charge in [-0.2, -0.15) is 4.31 Å². The summed E-state index contributed by atoms with van der Waals surface area (Å²) in [5, 5.41) is 10.7. The number of rotatable bonds is 3. The SMILES string of the molecule is N[C@@H]1CCCN(S(=O)(=O)c2cc([N+](=O)[O-])ccc2F)C1. The lowest BCUT2D eigenvalue weighted by atomic mass is 10.1. The highest BCUT2D eigenvalue weighted by atomic mass is 32.2. The van der Waals surface area contributed by atoms with Crippen LogP contribution in [0.25, 0.3) is 0 Å². The number of hydrogen-bond acceptors (Lipinski definition) is 5. The molecule has 0 amide bonds. The third-order valence-electron chi connectivity index (χ3n) is 3.16. The molecule has 0 unspecified atom stereocenters. The molecule has 0 saturated carbocycles. The van der Waals surface area contributed by atoms with Crippen LogP contribution in [0, 0.1) is 15.9 Å². The number of nitro groups is 1. The lowest BCUT2D eigenvalue weighted by molar-refractivity contribution is -0.385. The molecule has 1 fully saturated rings. The van der Waals surface area contributed by atoms with E-state index in [1.165, 1.54) is 0 Å². The van der Waals surface area contributed by atoms with E-state index in [9.17, 15) is 22.9 Å². The Bertz CT molecular complexity index is 635. The maximum absolute atomic E-state index is 13.7. The summed E-state index contributed by atoms with van der Waals surface area (Å²) >= 11 is 0. The van der Waals surface area contributed by atoms with Crippen LogP contribution in [0.2, 0.25) is 0 Å². The van der Waals surface area contributed by atoms with Crippen molar-refractivity contribution in [2.24, 2.45) is 5.73 Å². The summed E-state index contributed by atoms with van der Waals surface area (Å²) in [6, 6.07) is 2.15. The summed E-state index contributed by atoms with van der Waals surface area (Å²) in [6.07, 6.45) is 1.28. The monoisotopic (exact) mass is 303 g/mol. The molecular formula is C11H14FN3O4S. The van der Waals surface area contributed by atoms with Crippen molar-refractivity contribution in [3.05, 3.63) is 34.1 Å². The highest BCUT2D eigenvalue weighted by Crippen LogP contribution is 2.26. The zero-order chi connectivity index (χ0) is 14.9. The first-order valence-corrected chi connectivity index (χ1v) is 7.46. The van der Waals surface area contributed by atoms with Crippen LogP contribution >= 0.6 is 0 Å². The molecule has 1 aromatic carbocycles. The van der Waals surface area contributed by atoms with E-state index in [0.29, 0.717) is 12.8 Å². The normalized spacial score (nSPS) is 20.8. The smallest absolute Gasteiger partial charge is 0.270 e. The molecule has 2 rings (SSSR count). The second kappa shape index (κ2) is 5.43. The number of nitrogens with zero attached hydrogens (tertiary/aromatic N) is 2. The Hall–Kier alpha value is -1.58. The molecular weight excluding hydrogens is 289 g/mol. The number of halogens is 1. The quantitative estimate of drug-likeness (QED) is 0.658. The van der Waals surface area contributed by atoms with Crippen LogP contribution in [0.15, 0.2) is 23.1 Å². The number of sulfonamides is 1. The minimum Gasteiger partial charge on any atom is -0.327 e. The fourth-order valence-electron chi connectivity index (χ4n) is 2.13. The van der Waals surface area contributed by atoms with Crippen molar-refractivity contribution in [1.29, 1.82) is 0 Å². The van der Waals surface area contributed by atoms with Crippen molar-refractivity contribution < 1.29 is 17.7 Å². The van der Waals surface area contributed by atoms with Crippen molar-refractivity contribution in [3.63, 3.8) is 0 Å². The van der Waals surface area contributed by atoms with Crippen molar-refractivity contribution in [1.82, 2.24) is 4.31 Å². The first kappa shape index (κ1) is 14.8. The molecule has 1 heterocycles. The van der Waals surface area contributed by atoms with Crippen molar-refractivity contribution in [3.8, 4) is 0 Å².